The average molecular weight is 241 g/mol. The molecule has 0 bridgehead atoms. The van der Waals surface area contributed by atoms with Gasteiger partial charge in [0.2, 0.25) is 0 Å². The first-order valence-electron chi connectivity index (χ1n) is 5.79. The highest BCUT2D eigenvalue weighted by Crippen LogP contribution is 2.36. The van der Waals surface area contributed by atoms with Crippen molar-refractivity contribution in [2.75, 3.05) is 6.61 Å². The van der Waals surface area contributed by atoms with Crippen molar-refractivity contribution in [2.24, 2.45) is 0 Å². The maximum absolute atomic E-state index is 6.08. The standard InChI is InChI=1S/C11H23N3OSi/c1-11(2,3)16(4,5)15-8-6-7-14-9-12-13-10-14/h9-10H,6-8H2,1-5H3. The van der Waals surface area contributed by atoms with Crippen molar-refractivity contribution in [3.63, 3.8) is 0 Å². The Hall–Kier alpha value is -0.683. The van der Waals surface area contributed by atoms with Gasteiger partial charge >= 0.3 is 0 Å². The Morgan fingerprint density at radius 3 is 2.25 bits per heavy atom. The summed E-state index contributed by atoms with van der Waals surface area (Å²) in [7, 11) is -1.57. The molecular weight excluding hydrogens is 218 g/mol. The third-order valence-electron chi connectivity index (χ3n) is 3.30. The van der Waals surface area contributed by atoms with Crippen LogP contribution >= 0.6 is 0 Å². The highest BCUT2D eigenvalue weighted by molar-refractivity contribution is 6.74. The first kappa shape index (κ1) is 13.4. The van der Waals surface area contributed by atoms with Crippen LogP contribution in [0.4, 0.5) is 0 Å². The minimum absolute atomic E-state index is 0.295. The van der Waals surface area contributed by atoms with Gasteiger partial charge in [0, 0.05) is 13.2 Å². The van der Waals surface area contributed by atoms with Crippen molar-refractivity contribution in [1.29, 1.82) is 0 Å². The second-order valence-electron chi connectivity index (χ2n) is 5.66. The fourth-order valence-electron chi connectivity index (χ4n) is 1.13. The van der Waals surface area contributed by atoms with Gasteiger partial charge in [-0.1, -0.05) is 20.8 Å². The van der Waals surface area contributed by atoms with E-state index in [1.54, 1.807) is 12.7 Å². The minimum atomic E-state index is -1.57. The smallest absolute Gasteiger partial charge is 0.191 e. The number of aromatic nitrogens is 3. The van der Waals surface area contributed by atoms with Gasteiger partial charge < -0.3 is 8.99 Å². The second-order valence-corrected chi connectivity index (χ2v) is 10.5. The van der Waals surface area contributed by atoms with Crippen LogP contribution in [0, 0.1) is 0 Å². The maximum Gasteiger partial charge on any atom is 0.191 e. The molecular formula is C11H23N3OSi. The van der Waals surface area contributed by atoms with Crippen molar-refractivity contribution < 1.29 is 4.43 Å². The van der Waals surface area contributed by atoms with Crippen LogP contribution in [0.3, 0.4) is 0 Å². The quantitative estimate of drug-likeness (QED) is 0.588. The molecule has 0 fully saturated rings. The summed E-state index contributed by atoms with van der Waals surface area (Å²) < 4.78 is 8.06. The highest BCUT2D eigenvalue weighted by Gasteiger charge is 2.36. The van der Waals surface area contributed by atoms with Crippen molar-refractivity contribution in [2.45, 2.75) is 51.9 Å². The third kappa shape index (κ3) is 3.72. The van der Waals surface area contributed by atoms with E-state index in [4.69, 9.17) is 4.43 Å². The molecule has 0 radical (unpaired) electrons. The zero-order chi connectivity index (χ0) is 12.2. The Bertz CT molecular complexity index is 304. The predicted octanol–water partition coefficient (Wildman–Crippen LogP) is 2.69. The Kier molecular flexibility index (Phi) is 4.26. The molecule has 0 aliphatic carbocycles. The van der Waals surface area contributed by atoms with Crippen LogP contribution in [0.25, 0.3) is 0 Å². The van der Waals surface area contributed by atoms with E-state index in [9.17, 15) is 0 Å². The highest BCUT2D eigenvalue weighted by atomic mass is 28.4. The molecule has 0 aromatic carbocycles. The van der Waals surface area contributed by atoms with E-state index in [1.165, 1.54) is 0 Å². The van der Waals surface area contributed by atoms with Gasteiger partial charge in [-0.3, -0.25) is 0 Å². The van der Waals surface area contributed by atoms with Gasteiger partial charge in [-0.25, -0.2) is 0 Å². The summed E-state index contributed by atoms with van der Waals surface area (Å²) in [5.41, 5.74) is 0. The Morgan fingerprint density at radius 2 is 1.75 bits per heavy atom. The molecule has 1 rings (SSSR count). The molecule has 0 amide bonds. The molecule has 5 heteroatoms. The van der Waals surface area contributed by atoms with Gasteiger partial charge in [-0.05, 0) is 24.6 Å². The monoisotopic (exact) mass is 241 g/mol. The third-order valence-corrected chi connectivity index (χ3v) is 7.83. The Labute approximate surface area is 99.2 Å². The van der Waals surface area contributed by atoms with E-state index in [1.807, 2.05) is 4.57 Å². The summed E-state index contributed by atoms with van der Waals surface area (Å²) in [6.07, 6.45) is 4.50. The summed E-state index contributed by atoms with van der Waals surface area (Å²) in [6.45, 7) is 13.1. The zero-order valence-electron chi connectivity index (χ0n) is 11.0. The Morgan fingerprint density at radius 1 is 1.19 bits per heavy atom. The minimum Gasteiger partial charge on any atom is -0.417 e. The summed E-state index contributed by atoms with van der Waals surface area (Å²) in [4.78, 5) is 0. The number of hydrogen-bond acceptors (Lipinski definition) is 3. The lowest BCUT2D eigenvalue weighted by Crippen LogP contribution is -2.41. The van der Waals surface area contributed by atoms with Gasteiger partial charge in [0.25, 0.3) is 0 Å². The number of rotatable bonds is 5. The Balaban J connectivity index is 2.25. The number of hydrogen-bond donors (Lipinski definition) is 0. The summed E-state index contributed by atoms with van der Waals surface area (Å²) >= 11 is 0. The van der Waals surface area contributed by atoms with Crippen LogP contribution in [0.15, 0.2) is 12.7 Å². The molecule has 1 heterocycles. The molecule has 16 heavy (non-hydrogen) atoms. The van der Waals surface area contributed by atoms with E-state index < -0.39 is 8.32 Å². The van der Waals surface area contributed by atoms with Crippen molar-refractivity contribution in [3.05, 3.63) is 12.7 Å². The van der Waals surface area contributed by atoms with E-state index in [-0.39, 0.29) is 0 Å². The van der Waals surface area contributed by atoms with Crippen molar-refractivity contribution >= 4 is 8.32 Å². The lowest BCUT2D eigenvalue weighted by Gasteiger charge is -2.36. The molecule has 0 atom stereocenters. The lowest BCUT2D eigenvalue weighted by molar-refractivity contribution is 0.275. The topological polar surface area (TPSA) is 39.9 Å². The summed E-state index contributed by atoms with van der Waals surface area (Å²) in [5.74, 6) is 0. The van der Waals surface area contributed by atoms with E-state index in [2.05, 4.69) is 44.1 Å². The molecule has 1 aromatic heterocycles. The van der Waals surface area contributed by atoms with Crippen LogP contribution in [0.5, 0.6) is 0 Å². The van der Waals surface area contributed by atoms with Crippen molar-refractivity contribution in [3.8, 4) is 0 Å². The van der Waals surface area contributed by atoms with Gasteiger partial charge in [-0.2, -0.15) is 0 Å². The molecule has 4 nitrogen and oxygen atoms in total. The van der Waals surface area contributed by atoms with E-state index in [0.29, 0.717) is 5.04 Å². The second kappa shape index (κ2) is 5.10. The van der Waals surface area contributed by atoms with Crippen LogP contribution < -0.4 is 0 Å². The molecule has 0 spiro atoms. The normalized spacial score (nSPS) is 13.1. The summed E-state index contributed by atoms with van der Waals surface area (Å²) in [6, 6.07) is 0. The fourth-order valence-corrected chi connectivity index (χ4v) is 2.22. The predicted molar refractivity (Wildman–Crippen MR) is 67.8 cm³/mol. The van der Waals surface area contributed by atoms with E-state index in [0.717, 1.165) is 19.6 Å². The number of nitrogens with zero attached hydrogens (tertiary/aromatic N) is 3. The van der Waals surface area contributed by atoms with Gasteiger partial charge in [0.1, 0.15) is 12.7 Å². The van der Waals surface area contributed by atoms with Crippen LogP contribution in [-0.4, -0.2) is 29.7 Å². The lowest BCUT2D eigenvalue weighted by atomic mass is 10.2. The first-order valence-corrected chi connectivity index (χ1v) is 8.70. The molecule has 0 aliphatic rings. The molecule has 92 valence electrons. The zero-order valence-corrected chi connectivity index (χ0v) is 12.0. The fraction of sp³-hybridized carbons (Fsp3) is 0.818. The molecule has 0 saturated heterocycles. The molecule has 0 saturated carbocycles. The maximum atomic E-state index is 6.08. The first-order chi connectivity index (χ1) is 7.33. The van der Waals surface area contributed by atoms with Gasteiger partial charge in [-0.15, -0.1) is 10.2 Å². The molecule has 1 aromatic rings. The van der Waals surface area contributed by atoms with Gasteiger partial charge in [0.15, 0.2) is 8.32 Å². The molecule has 0 N–H and O–H groups in total. The van der Waals surface area contributed by atoms with Gasteiger partial charge in [0.05, 0.1) is 0 Å². The summed E-state index contributed by atoms with van der Waals surface area (Å²) in [5, 5.41) is 7.83. The largest absolute Gasteiger partial charge is 0.417 e. The van der Waals surface area contributed by atoms with Crippen molar-refractivity contribution in [1.82, 2.24) is 14.8 Å². The van der Waals surface area contributed by atoms with E-state index >= 15 is 0 Å². The molecule has 0 unspecified atom stereocenters. The molecule has 0 aliphatic heterocycles. The average Bonchev–Trinajstić information content (AvgIpc) is 2.63. The van der Waals surface area contributed by atoms with Crippen LogP contribution in [-0.2, 0) is 11.0 Å². The SMILES string of the molecule is CC(C)(C)[Si](C)(C)OCCCn1cnnc1. The van der Waals surface area contributed by atoms with Crippen LogP contribution in [0.2, 0.25) is 18.1 Å². The van der Waals surface area contributed by atoms with Crippen LogP contribution in [0.1, 0.15) is 27.2 Å². The number of aryl methyl sites for hydroxylation is 1.